The van der Waals surface area contributed by atoms with Crippen molar-refractivity contribution in [2.75, 3.05) is 27.2 Å². The molecule has 1 heterocycles. The van der Waals surface area contributed by atoms with Gasteiger partial charge in [-0.15, -0.1) is 0 Å². The lowest BCUT2D eigenvalue weighted by Gasteiger charge is -2.15. The summed E-state index contributed by atoms with van der Waals surface area (Å²) in [4.78, 5) is 16.6. The molecule has 4 heteroatoms. The van der Waals surface area contributed by atoms with Crippen molar-refractivity contribution in [2.24, 2.45) is 4.99 Å². The van der Waals surface area contributed by atoms with E-state index in [-0.39, 0.29) is 11.8 Å². The smallest absolute Gasteiger partial charge is 0.308 e. The average Bonchev–Trinajstić information content (AvgIpc) is 2.05. The fourth-order valence-corrected chi connectivity index (χ4v) is 0.780. The van der Waals surface area contributed by atoms with Crippen molar-refractivity contribution in [3.8, 4) is 0 Å². The van der Waals surface area contributed by atoms with Crippen molar-refractivity contribution in [1.82, 2.24) is 4.90 Å². The van der Waals surface area contributed by atoms with Crippen LogP contribution >= 0.6 is 0 Å². The van der Waals surface area contributed by atoms with Crippen LogP contribution in [0.2, 0.25) is 0 Å². The van der Waals surface area contributed by atoms with Gasteiger partial charge in [-0.05, 0) is 0 Å². The van der Waals surface area contributed by atoms with E-state index >= 15 is 0 Å². The van der Waals surface area contributed by atoms with E-state index in [1.165, 1.54) is 4.90 Å². The first-order chi connectivity index (χ1) is 5.22. The van der Waals surface area contributed by atoms with E-state index in [4.69, 9.17) is 4.74 Å². The maximum atomic E-state index is 11.2. The van der Waals surface area contributed by atoms with Crippen LogP contribution in [0, 0.1) is 0 Å². The van der Waals surface area contributed by atoms with Crippen LogP contribution < -0.4 is 0 Å². The predicted octanol–water partition coefficient (Wildman–Crippen LogP) is -0.107. The molecule has 4 nitrogen and oxygen atoms in total. The first-order valence-corrected chi connectivity index (χ1v) is 3.60. The molecule has 0 N–H and O–H groups in total. The van der Waals surface area contributed by atoms with Crippen LogP contribution in [0.15, 0.2) is 4.99 Å². The normalized spacial score (nSPS) is 16.7. The topological polar surface area (TPSA) is 41.9 Å². The minimum absolute atomic E-state index is 0.148. The Labute approximate surface area is 65.9 Å². The highest BCUT2D eigenvalue weighted by Gasteiger charge is 2.16. The zero-order valence-electron chi connectivity index (χ0n) is 6.83. The van der Waals surface area contributed by atoms with E-state index in [0.29, 0.717) is 13.2 Å². The standard InChI is InChI=1S/C7H12N2O2/c1-9(2)7(10)6-8-4-3-5-11-6/h3-5H2,1-2H3. The zero-order valence-corrected chi connectivity index (χ0v) is 6.83. The molecule has 0 spiro atoms. The second-order valence-electron chi connectivity index (χ2n) is 2.59. The molecule has 0 aromatic heterocycles. The van der Waals surface area contributed by atoms with E-state index in [9.17, 15) is 4.79 Å². The van der Waals surface area contributed by atoms with Crippen molar-refractivity contribution in [3.05, 3.63) is 0 Å². The third kappa shape index (κ3) is 1.93. The van der Waals surface area contributed by atoms with Crippen LogP contribution in [0.3, 0.4) is 0 Å². The zero-order chi connectivity index (χ0) is 8.27. The van der Waals surface area contributed by atoms with Gasteiger partial charge in [0.2, 0.25) is 0 Å². The highest BCUT2D eigenvalue weighted by molar-refractivity contribution is 6.35. The Morgan fingerprint density at radius 3 is 2.82 bits per heavy atom. The Morgan fingerprint density at radius 2 is 2.36 bits per heavy atom. The molecule has 0 atom stereocenters. The van der Waals surface area contributed by atoms with Gasteiger partial charge >= 0.3 is 5.91 Å². The van der Waals surface area contributed by atoms with E-state index < -0.39 is 0 Å². The molecule has 62 valence electrons. The van der Waals surface area contributed by atoms with Crippen LogP contribution in [-0.2, 0) is 9.53 Å². The molecule has 1 rings (SSSR count). The molecule has 0 unspecified atom stereocenters. The summed E-state index contributed by atoms with van der Waals surface area (Å²) in [7, 11) is 3.37. The second-order valence-corrected chi connectivity index (χ2v) is 2.59. The summed E-state index contributed by atoms with van der Waals surface area (Å²) in [5.74, 6) is 0.103. The van der Waals surface area contributed by atoms with E-state index in [1.54, 1.807) is 14.1 Å². The molecule has 0 fully saturated rings. The van der Waals surface area contributed by atoms with Gasteiger partial charge in [-0.3, -0.25) is 4.79 Å². The highest BCUT2D eigenvalue weighted by atomic mass is 16.5. The summed E-state index contributed by atoms with van der Waals surface area (Å²) in [6.45, 7) is 1.31. The van der Waals surface area contributed by atoms with Crippen LogP contribution in [0.5, 0.6) is 0 Å². The van der Waals surface area contributed by atoms with Gasteiger partial charge in [0.1, 0.15) is 0 Å². The van der Waals surface area contributed by atoms with Gasteiger partial charge in [-0.1, -0.05) is 0 Å². The molecule has 0 aliphatic carbocycles. The molecule has 0 aromatic rings. The van der Waals surface area contributed by atoms with Crippen LogP contribution in [0.4, 0.5) is 0 Å². The lowest BCUT2D eigenvalue weighted by molar-refractivity contribution is -0.123. The quantitative estimate of drug-likeness (QED) is 0.531. The first-order valence-electron chi connectivity index (χ1n) is 3.60. The minimum Gasteiger partial charge on any atom is -0.474 e. The number of rotatable bonds is 1. The number of amides is 1. The summed E-state index contributed by atoms with van der Waals surface area (Å²) >= 11 is 0. The third-order valence-electron chi connectivity index (χ3n) is 1.39. The number of aliphatic imine (C=N–C) groups is 1. The van der Waals surface area contributed by atoms with E-state index in [0.717, 1.165) is 6.42 Å². The monoisotopic (exact) mass is 156 g/mol. The number of hydrogen-bond acceptors (Lipinski definition) is 3. The van der Waals surface area contributed by atoms with Gasteiger partial charge in [-0.2, -0.15) is 0 Å². The Bertz CT molecular complexity index is 187. The van der Waals surface area contributed by atoms with Crippen LogP contribution in [0.1, 0.15) is 6.42 Å². The molecular weight excluding hydrogens is 144 g/mol. The second kappa shape index (κ2) is 3.37. The number of ether oxygens (including phenoxy) is 1. The Morgan fingerprint density at radius 1 is 1.64 bits per heavy atom. The Kier molecular flexibility index (Phi) is 2.46. The maximum absolute atomic E-state index is 11.2. The fraction of sp³-hybridized carbons (Fsp3) is 0.714. The molecule has 0 saturated carbocycles. The highest BCUT2D eigenvalue weighted by Crippen LogP contribution is 1.98. The van der Waals surface area contributed by atoms with Gasteiger partial charge in [0.15, 0.2) is 0 Å². The minimum atomic E-state index is -0.148. The van der Waals surface area contributed by atoms with Crippen molar-refractivity contribution >= 4 is 11.8 Å². The van der Waals surface area contributed by atoms with Gasteiger partial charge in [0.05, 0.1) is 6.61 Å². The number of hydrogen-bond donors (Lipinski definition) is 0. The number of carbonyl (C=O) groups excluding carboxylic acids is 1. The molecule has 1 aliphatic rings. The van der Waals surface area contributed by atoms with Crippen LogP contribution in [-0.4, -0.2) is 44.0 Å². The van der Waals surface area contributed by atoms with Crippen molar-refractivity contribution in [2.45, 2.75) is 6.42 Å². The first kappa shape index (κ1) is 8.04. The molecule has 0 saturated heterocycles. The molecule has 0 bridgehead atoms. The van der Waals surface area contributed by atoms with Crippen LogP contribution in [0.25, 0.3) is 0 Å². The van der Waals surface area contributed by atoms with Gasteiger partial charge < -0.3 is 9.64 Å². The molecule has 0 radical (unpaired) electrons. The van der Waals surface area contributed by atoms with Crippen molar-refractivity contribution < 1.29 is 9.53 Å². The number of carbonyl (C=O) groups is 1. The third-order valence-corrected chi connectivity index (χ3v) is 1.39. The number of nitrogens with zero attached hydrogens (tertiary/aromatic N) is 2. The van der Waals surface area contributed by atoms with E-state index in [2.05, 4.69) is 4.99 Å². The fourth-order valence-electron chi connectivity index (χ4n) is 0.780. The molecule has 1 amide bonds. The molecule has 1 aliphatic heterocycles. The van der Waals surface area contributed by atoms with Crippen molar-refractivity contribution in [3.63, 3.8) is 0 Å². The maximum Gasteiger partial charge on any atom is 0.308 e. The van der Waals surface area contributed by atoms with E-state index in [1.807, 2.05) is 0 Å². The number of likely N-dealkylation sites (N-methyl/N-ethyl adjacent to an activating group) is 1. The average molecular weight is 156 g/mol. The molecule has 0 aromatic carbocycles. The van der Waals surface area contributed by atoms with Gasteiger partial charge in [0.25, 0.3) is 5.90 Å². The van der Waals surface area contributed by atoms with Gasteiger partial charge in [0, 0.05) is 27.1 Å². The van der Waals surface area contributed by atoms with Gasteiger partial charge in [-0.25, -0.2) is 4.99 Å². The van der Waals surface area contributed by atoms with Crippen molar-refractivity contribution in [1.29, 1.82) is 0 Å². The predicted molar refractivity (Wildman–Crippen MR) is 41.6 cm³/mol. The molecular formula is C7H12N2O2. The molecule has 11 heavy (non-hydrogen) atoms. The largest absolute Gasteiger partial charge is 0.474 e. The lowest BCUT2D eigenvalue weighted by atomic mass is 10.4. The Hall–Kier alpha value is -1.06. The summed E-state index contributed by atoms with van der Waals surface area (Å²) < 4.78 is 5.06. The Balaban J connectivity index is 2.58. The summed E-state index contributed by atoms with van der Waals surface area (Å²) in [5, 5.41) is 0. The summed E-state index contributed by atoms with van der Waals surface area (Å²) in [5.41, 5.74) is 0. The lowest BCUT2D eigenvalue weighted by Crippen LogP contribution is -2.33. The SMILES string of the molecule is CN(C)C(=O)C1=NCCCO1. The summed E-state index contributed by atoms with van der Waals surface area (Å²) in [6, 6.07) is 0. The summed E-state index contributed by atoms with van der Waals surface area (Å²) in [6.07, 6.45) is 0.907.